The molecule has 0 spiro atoms. The Morgan fingerprint density at radius 3 is 2.50 bits per heavy atom. The number of hydrogen-bond acceptors (Lipinski definition) is 5. The predicted molar refractivity (Wildman–Crippen MR) is 116 cm³/mol. The summed E-state index contributed by atoms with van der Waals surface area (Å²) in [4.78, 5) is 17.0. The third-order valence-electron chi connectivity index (χ3n) is 5.40. The number of carbonyl (C=O) groups excluding carboxylic acids is 1. The molecule has 1 aromatic carbocycles. The fraction of sp³-hybridized carbons (Fsp3) is 0.500. The van der Waals surface area contributed by atoms with E-state index >= 15 is 0 Å². The van der Waals surface area contributed by atoms with Gasteiger partial charge in [-0.3, -0.25) is 14.4 Å². The summed E-state index contributed by atoms with van der Waals surface area (Å²) in [6.07, 6.45) is 0.817. The number of nitrogens with zero attached hydrogens (tertiary/aromatic N) is 5. The summed E-state index contributed by atoms with van der Waals surface area (Å²) in [5, 5.41) is 4.99. The fourth-order valence-corrected chi connectivity index (χ4v) is 4.98. The summed E-state index contributed by atoms with van der Waals surface area (Å²) < 4.78 is 28.1. The van der Waals surface area contributed by atoms with Crippen LogP contribution < -0.4 is 0 Å². The minimum Gasteiger partial charge on any atom is -0.340 e. The van der Waals surface area contributed by atoms with E-state index < -0.39 is 10.0 Å². The quantitative estimate of drug-likeness (QED) is 0.665. The van der Waals surface area contributed by atoms with E-state index in [1.165, 1.54) is 19.2 Å². The molecular formula is C20H28ClN5O3S. The molecule has 164 valence electrons. The van der Waals surface area contributed by atoms with Crippen molar-refractivity contribution in [1.82, 2.24) is 23.9 Å². The number of rotatable bonds is 6. The molecule has 0 bridgehead atoms. The van der Waals surface area contributed by atoms with Gasteiger partial charge in [0.25, 0.3) is 0 Å². The van der Waals surface area contributed by atoms with Crippen LogP contribution in [0.25, 0.3) is 0 Å². The number of aromatic nitrogens is 2. The number of hydrogen-bond donors (Lipinski definition) is 0. The van der Waals surface area contributed by atoms with Crippen molar-refractivity contribution < 1.29 is 13.2 Å². The van der Waals surface area contributed by atoms with Gasteiger partial charge in [0.2, 0.25) is 15.9 Å². The van der Waals surface area contributed by atoms with Crippen LogP contribution in [0.5, 0.6) is 0 Å². The molecule has 0 atom stereocenters. The van der Waals surface area contributed by atoms with Gasteiger partial charge in [-0.15, -0.1) is 0 Å². The van der Waals surface area contributed by atoms with Crippen molar-refractivity contribution >= 4 is 27.5 Å². The van der Waals surface area contributed by atoms with Gasteiger partial charge < -0.3 is 4.90 Å². The zero-order valence-electron chi connectivity index (χ0n) is 17.6. The lowest BCUT2D eigenvalue weighted by Crippen LogP contribution is -2.42. The van der Waals surface area contributed by atoms with E-state index in [0.717, 1.165) is 28.5 Å². The highest BCUT2D eigenvalue weighted by molar-refractivity contribution is 7.89. The molecule has 0 saturated carbocycles. The summed E-state index contributed by atoms with van der Waals surface area (Å²) in [5.41, 5.74) is 1.92. The Morgan fingerprint density at radius 2 is 1.87 bits per heavy atom. The smallest absolute Gasteiger partial charge is 0.243 e. The van der Waals surface area contributed by atoms with Crippen LogP contribution in [0.1, 0.15) is 17.7 Å². The Kier molecular flexibility index (Phi) is 7.18. The molecule has 0 radical (unpaired) electrons. The van der Waals surface area contributed by atoms with Gasteiger partial charge in [-0.2, -0.15) is 9.40 Å². The van der Waals surface area contributed by atoms with Gasteiger partial charge in [-0.05, 0) is 25.5 Å². The molecule has 30 heavy (non-hydrogen) atoms. The maximum absolute atomic E-state index is 12.8. The third-order valence-corrected chi connectivity index (χ3v) is 7.69. The van der Waals surface area contributed by atoms with E-state index in [1.54, 1.807) is 27.8 Å². The highest BCUT2D eigenvalue weighted by atomic mass is 35.5. The number of sulfonamides is 1. The van der Waals surface area contributed by atoms with E-state index in [4.69, 9.17) is 11.6 Å². The van der Waals surface area contributed by atoms with Crippen molar-refractivity contribution in [2.45, 2.75) is 24.8 Å². The summed E-state index contributed by atoms with van der Waals surface area (Å²) in [6.45, 7) is 5.15. The number of aryl methyl sites for hydroxylation is 2. The predicted octanol–water partition coefficient (Wildman–Crippen LogP) is 1.74. The van der Waals surface area contributed by atoms with Crippen LogP contribution in [0.15, 0.2) is 35.2 Å². The monoisotopic (exact) mass is 453 g/mol. The topological polar surface area (TPSA) is 78.8 Å². The van der Waals surface area contributed by atoms with Crippen LogP contribution in [-0.2, 0) is 28.4 Å². The van der Waals surface area contributed by atoms with E-state index in [-0.39, 0.29) is 17.3 Å². The molecule has 1 saturated heterocycles. The summed E-state index contributed by atoms with van der Waals surface area (Å²) in [7, 11) is -0.426. The molecule has 10 heteroatoms. The van der Waals surface area contributed by atoms with Crippen molar-refractivity contribution in [2.24, 2.45) is 7.05 Å². The van der Waals surface area contributed by atoms with Gasteiger partial charge in [0.1, 0.15) is 5.15 Å². The highest BCUT2D eigenvalue weighted by Crippen LogP contribution is 2.21. The minimum atomic E-state index is -3.69. The first-order valence-corrected chi connectivity index (χ1v) is 11.7. The van der Waals surface area contributed by atoms with E-state index in [1.807, 2.05) is 14.0 Å². The largest absolute Gasteiger partial charge is 0.340 e. The van der Waals surface area contributed by atoms with E-state index in [9.17, 15) is 13.2 Å². The standard InChI is InChI=1S/C20H28ClN5O3S/c1-16-18(20(21)24(3)22-16)14-25-10-7-11-26(13-12-25)19(27)15-23(2)30(28,29)17-8-5-4-6-9-17/h4-6,8-9H,7,10-15H2,1-3H3. The van der Waals surface area contributed by atoms with E-state index in [0.29, 0.717) is 31.3 Å². The molecule has 0 unspecified atom stereocenters. The zero-order valence-corrected chi connectivity index (χ0v) is 19.2. The van der Waals surface area contributed by atoms with Crippen molar-refractivity contribution in [3.8, 4) is 0 Å². The molecular weight excluding hydrogens is 426 g/mol. The number of halogens is 1. The lowest BCUT2D eigenvalue weighted by molar-refractivity contribution is -0.131. The van der Waals surface area contributed by atoms with Crippen molar-refractivity contribution in [3.63, 3.8) is 0 Å². The Labute approximate surface area is 183 Å². The summed E-state index contributed by atoms with van der Waals surface area (Å²) in [6, 6.07) is 8.16. The Balaban J connectivity index is 1.59. The van der Waals surface area contributed by atoms with Crippen LogP contribution in [0, 0.1) is 6.92 Å². The molecule has 1 aliphatic rings. The van der Waals surface area contributed by atoms with Gasteiger partial charge >= 0.3 is 0 Å². The van der Waals surface area contributed by atoms with Crippen molar-refractivity contribution in [1.29, 1.82) is 0 Å². The van der Waals surface area contributed by atoms with Crippen LogP contribution >= 0.6 is 11.6 Å². The van der Waals surface area contributed by atoms with E-state index in [2.05, 4.69) is 10.00 Å². The van der Waals surface area contributed by atoms with Crippen LogP contribution in [0.4, 0.5) is 0 Å². The Bertz CT molecular complexity index is 993. The molecule has 1 aliphatic heterocycles. The molecule has 2 aromatic rings. The van der Waals surface area contributed by atoms with Crippen LogP contribution in [-0.4, -0.2) is 78.0 Å². The number of likely N-dealkylation sites (N-methyl/N-ethyl adjacent to an activating group) is 1. The van der Waals surface area contributed by atoms with Gasteiger partial charge in [-0.1, -0.05) is 29.8 Å². The lowest BCUT2D eigenvalue weighted by atomic mass is 10.2. The lowest BCUT2D eigenvalue weighted by Gasteiger charge is -2.24. The average Bonchev–Trinajstić information content (AvgIpc) is 2.89. The molecule has 1 aromatic heterocycles. The van der Waals surface area contributed by atoms with Crippen molar-refractivity contribution in [2.75, 3.05) is 39.8 Å². The second-order valence-corrected chi connectivity index (χ2v) is 9.97. The average molecular weight is 454 g/mol. The van der Waals surface area contributed by atoms with Gasteiger partial charge in [-0.25, -0.2) is 8.42 Å². The SMILES string of the molecule is Cc1nn(C)c(Cl)c1CN1CCCN(C(=O)CN(C)S(=O)(=O)c2ccccc2)CC1. The first-order valence-electron chi connectivity index (χ1n) is 9.89. The second kappa shape index (κ2) is 9.47. The van der Waals surface area contributed by atoms with Gasteiger partial charge in [0.15, 0.2) is 0 Å². The molecule has 3 rings (SSSR count). The molecule has 1 amide bonds. The van der Waals surface area contributed by atoms with Crippen molar-refractivity contribution in [3.05, 3.63) is 46.7 Å². The molecule has 8 nitrogen and oxygen atoms in total. The van der Waals surface area contributed by atoms with Gasteiger partial charge in [0.05, 0.1) is 17.1 Å². The summed E-state index contributed by atoms with van der Waals surface area (Å²) >= 11 is 6.35. The maximum Gasteiger partial charge on any atom is 0.243 e. The fourth-order valence-electron chi connectivity index (χ4n) is 3.60. The Morgan fingerprint density at radius 1 is 1.17 bits per heavy atom. The molecule has 0 N–H and O–H groups in total. The molecule has 1 fully saturated rings. The van der Waals surface area contributed by atoms with Crippen LogP contribution in [0.3, 0.4) is 0 Å². The molecule has 0 aliphatic carbocycles. The third kappa shape index (κ3) is 5.03. The number of carbonyl (C=O) groups is 1. The first-order chi connectivity index (χ1) is 14.2. The van der Waals surface area contributed by atoms with Crippen LogP contribution in [0.2, 0.25) is 5.15 Å². The first kappa shape index (κ1) is 22.7. The zero-order chi connectivity index (χ0) is 21.9. The highest BCUT2D eigenvalue weighted by Gasteiger charge is 2.26. The second-order valence-electron chi connectivity index (χ2n) is 7.56. The summed E-state index contributed by atoms with van der Waals surface area (Å²) in [5.74, 6) is -0.186. The maximum atomic E-state index is 12.8. The number of benzene rings is 1. The Hall–Kier alpha value is -1.94. The normalized spacial score (nSPS) is 16.1. The minimum absolute atomic E-state index is 0.176. The molecule has 2 heterocycles. The number of amides is 1. The van der Waals surface area contributed by atoms with Gasteiger partial charge in [0, 0.05) is 52.4 Å².